The molecule has 3 amide bonds. The standard InChI is InChI=1S/C22H23F3N4O4/c1-14-6-7-17(33-14)21(32)28-10-8-27(9-11-28)13-20(31)29-16-5-3-2-4-15(16)26-19(30)12-18(29)22(23,24)25/h2-7,18H,8-13H2,1H3,(H,26,30). The molecule has 0 radical (unpaired) electrons. The summed E-state index contributed by atoms with van der Waals surface area (Å²) in [5.74, 6) is -0.990. The first-order valence-corrected chi connectivity index (χ1v) is 10.5. The second-order valence-electron chi connectivity index (χ2n) is 8.07. The Kier molecular flexibility index (Phi) is 6.15. The second kappa shape index (κ2) is 8.89. The van der Waals surface area contributed by atoms with Gasteiger partial charge in [0.25, 0.3) is 5.91 Å². The van der Waals surface area contributed by atoms with E-state index >= 15 is 0 Å². The summed E-state index contributed by atoms with van der Waals surface area (Å²) in [5.41, 5.74) is 0.171. The van der Waals surface area contributed by atoms with Crippen LogP contribution in [0.3, 0.4) is 0 Å². The number of alkyl halides is 3. The Hall–Kier alpha value is -3.34. The van der Waals surface area contributed by atoms with Gasteiger partial charge in [-0.05, 0) is 31.2 Å². The van der Waals surface area contributed by atoms with Crippen LogP contribution in [0.5, 0.6) is 0 Å². The number of piperazine rings is 1. The van der Waals surface area contributed by atoms with Crippen LogP contribution in [0.2, 0.25) is 0 Å². The maximum absolute atomic E-state index is 13.8. The summed E-state index contributed by atoms with van der Waals surface area (Å²) in [6.07, 6.45) is -5.66. The summed E-state index contributed by atoms with van der Waals surface area (Å²) < 4.78 is 46.9. The third-order valence-electron chi connectivity index (χ3n) is 5.74. The van der Waals surface area contributed by atoms with E-state index in [1.807, 2.05) is 0 Å². The van der Waals surface area contributed by atoms with Crippen LogP contribution in [0, 0.1) is 6.92 Å². The first-order valence-electron chi connectivity index (χ1n) is 10.5. The zero-order valence-electron chi connectivity index (χ0n) is 17.9. The number of hydrogen-bond acceptors (Lipinski definition) is 5. The van der Waals surface area contributed by atoms with E-state index in [9.17, 15) is 27.6 Å². The number of rotatable bonds is 3. The predicted octanol–water partition coefficient (Wildman–Crippen LogP) is 2.65. The molecule has 1 atom stereocenters. The summed E-state index contributed by atoms with van der Waals surface area (Å²) in [7, 11) is 0. The summed E-state index contributed by atoms with van der Waals surface area (Å²) in [6.45, 7) is 2.73. The molecule has 2 aliphatic heterocycles. The minimum atomic E-state index is -4.78. The fourth-order valence-corrected chi connectivity index (χ4v) is 4.08. The SMILES string of the molecule is Cc1ccc(C(=O)N2CCN(CC(=O)N3c4ccccc4NC(=O)CC3C(F)(F)F)CC2)o1. The number of benzene rings is 1. The number of carbonyl (C=O) groups excluding carboxylic acids is 3. The van der Waals surface area contributed by atoms with Gasteiger partial charge in [-0.15, -0.1) is 0 Å². The van der Waals surface area contributed by atoms with Crippen molar-refractivity contribution in [1.82, 2.24) is 9.80 Å². The minimum absolute atomic E-state index is 0.0117. The van der Waals surface area contributed by atoms with Gasteiger partial charge < -0.3 is 14.6 Å². The van der Waals surface area contributed by atoms with Crippen molar-refractivity contribution in [2.45, 2.75) is 25.6 Å². The van der Waals surface area contributed by atoms with E-state index in [2.05, 4.69) is 5.32 Å². The zero-order chi connectivity index (χ0) is 23.8. The number of nitrogens with one attached hydrogen (secondary N) is 1. The molecule has 0 saturated carbocycles. The lowest BCUT2D eigenvalue weighted by Crippen LogP contribution is -2.55. The monoisotopic (exact) mass is 464 g/mol. The number of hydrogen-bond donors (Lipinski definition) is 1. The lowest BCUT2D eigenvalue weighted by atomic mass is 10.1. The first-order chi connectivity index (χ1) is 15.6. The van der Waals surface area contributed by atoms with E-state index in [0.717, 1.165) is 0 Å². The molecule has 0 spiro atoms. The second-order valence-corrected chi connectivity index (χ2v) is 8.07. The molecule has 8 nitrogen and oxygen atoms in total. The molecule has 2 aromatic rings. The van der Waals surface area contributed by atoms with Gasteiger partial charge in [-0.25, -0.2) is 0 Å². The van der Waals surface area contributed by atoms with Gasteiger partial charge in [0.1, 0.15) is 11.8 Å². The van der Waals surface area contributed by atoms with Crippen molar-refractivity contribution in [3.8, 4) is 0 Å². The number of anilines is 2. The normalized spacial score (nSPS) is 19.6. The highest BCUT2D eigenvalue weighted by Gasteiger charge is 2.49. The van der Waals surface area contributed by atoms with Crippen LogP contribution in [0.25, 0.3) is 0 Å². The third kappa shape index (κ3) is 4.87. The van der Waals surface area contributed by atoms with E-state index in [-0.39, 0.29) is 29.6 Å². The largest absolute Gasteiger partial charge is 0.456 e. The van der Waals surface area contributed by atoms with Gasteiger partial charge in [-0.1, -0.05) is 12.1 Å². The van der Waals surface area contributed by atoms with E-state index in [4.69, 9.17) is 4.42 Å². The number of halogens is 3. The number of nitrogens with zero attached hydrogens (tertiary/aromatic N) is 3. The van der Waals surface area contributed by atoms with Gasteiger partial charge in [0.05, 0.1) is 24.3 Å². The molecule has 2 aliphatic rings. The average molecular weight is 464 g/mol. The van der Waals surface area contributed by atoms with Gasteiger partial charge in [0.2, 0.25) is 11.8 Å². The molecule has 4 rings (SSSR count). The van der Waals surface area contributed by atoms with Crippen LogP contribution < -0.4 is 10.2 Å². The third-order valence-corrected chi connectivity index (χ3v) is 5.74. The topological polar surface area (TPSA) is 86.1 Å². The molecule has 1 saturated heterocycles. The van der Waals surface area contributed by atoms with E-state index in [1.54, 1.807) is 34.9 Å². The van der Waals surface area contributed by atoms with Crippen LogP contribution in [0.1, 0.15) is 22.7 Å². The van der Waals surface area contributed by atoms with Crippen molar-refractivity contribution in [2.75, 3.05) is 42.9 Å². The molecular weight excluding hydrogens is 441 g/mol. The molecule has 0 bridgehead atoms. The summed E-state index contributed by atoms with van der Waals surface area (Å²) in [4.78, 5) is 41.7. The molecule has 1 N–H and O–H groups in total. The maximum atomic E-state index is 13.8. The van der Waals surface area contributed by atoms with Crippen LogP contribution in [0.4, 0.5) is 24.5 Å². The number of furan rings is 1. The lowest BCUT2D eigenvalue weighted by molar-refractivity contribution is -0.158. The lowest BCUT2D eigenvalue weighted by Gasteiger charge is -2.37. The van der Waals surface area contributed by atoms with Crippen molar-refractivity contribution < 1.29 is 32.0 Å². The fourth-order valence-electron chi connectivity index (χ4n) is 4.08. The molecule has 1 aromatic heterocycles. The Bertz CT molecular complexity index is 1060. The van der Waals surface area contributed by atoms with Crippen LogP contribution in [-0.4, -0.2) is 72.5 Å². The quantitative estimate of drug-likeness (QED) is 0.755. The first kappa shape index (κ1) is 22.8. The fraction of sp³-hybridized carbons (Fsp3) is 0.409. The van der Waals surface area contributed by atoms with Crippen LogP contribution in [0.15, 0.2) is 40.8 Å². The smallest absolute Gasteiger partial charge is 0.409 e. The van der Waals surface area contributed by atoms with Crippen molar-refractivity contribution in [3.63, 3.8) is 0 Å². The van der Waals surface area contributed by atoms with Gasteiger partial charge in [0, 0.05) is 26.2 Å². The molecule has 11 heteroatoms. The highest BCUT2D eigenvalue weighted by atomic mass is 19.4. The molecule has 1 unspecified atom stereocenters. The van der Waals surface area contributed by atoms with E-state index < -0.39 is 30.5 Å². The Balaban J connectivity index is 1.48. The number of fused-ring (bicyclic) bond motifs is 1. The number of carbonyl (C=O) groups is 3. The van der Waals surface area contributed by atoms with Crippen molar-refractivity contribution in [2.24, 2.45) is 0 Å². The Morgan fingerprint density at radius 3 is 2.42 bits per heavy atom. The van der Waals surface area contributed by atoms with Gasteiger partial charge >= 0.3 is 6.18 Å². The molecule has 1 fully saturated rings. The van der Waals surface area contributed by atoms with Gasteiger partial charge in [-0.2, -0.15) is 13.2 Å². The molecule has 176 valence electrons. The Labute approximate surface area is 187 Å². The zero-order valence-corrected chi connectivity index (χ0v) is 17.9. The number of aryl methyl sites for hydroxylation is 1. The summed E-state index contributed by atoms with van der Waals surface area (Å²) in [6, 6.07) is 6.97. The maximum Gasteiger partial charge on any atom is 0.409 e. The van der Waals surface area contributed by atoms with Crippen molar-refractivity contribution >= 4 is 29.1 Å². The van der Waals surface area contributed by atoms with Gasteiger partial charge in [0.15, 0.2) is 5.76 Å². The highest BCUT2D eigenvalue weighted by Crippen LogP contribution is 2.37. The van der Waals surface area contributed by atoms with Crippen LogP contribution in [-0.2, 0) is 9.59 Å². The van der Waals surface area contributed by atoms with Crippen molar-refractivity contribution in [1.29, 1.82) is 0 Å². The Morgan fingerprint density at radius 2 is 1.79 bits per heavy atom. The highest BCUT2D eigenvalue weighted by molar-refractivity contribution is 6.05. The number of amides is 3. The van der Waals surface area contributed by atoms with Crippen molar-refractivity contribution in [3.05, 3.63) is 47.9 Å². The predicted molar refractivity (Wildman–Crippen MR) is 113 cm³/mol. The minimum Gasteiger partial charge on any atom is -0.456 e. The molecule has 3 heterocycles. The van der Waals surface area contributed by atoms with Gasteiger partial charge in [-0.3, -0.25) is 24.2 Å². The van der Waals surface area contributed by atoms with E-state index in [1.165, 1.54) is 18.2 Å². The molecular formula is C22H23F3N4O4. The Morgan fingerprint density at radius 1 is 1.09 bits per heavy atom. The summed E-state index contributed by atoms with van der Waals surface area (Å²) >= 11 is 0. The molecule has 1 aromatic carbocycles. The molecule has 0 aliphatic carbocycles. The summed E-state index contributed by atoms with van der Waals surface area (Å²) in [5, 5.41) is 2.45. The van der Waals surface area contributed by atoms with Crippen LogP contribution >= 0.6 is 0 Å². The number of para-hydroxylation sites is 2. The van der Waals surface area contributed by atoms with E-state index in [0.29, 0.717) is 36.8 Å². The molecule has 33 heavy (non-hydrogen) atoms. The average Bonchev–Trinajstić information content (AvgIpc) is 3.12.